The summed E-state index contributed by atoms with van der Waals surface area (Å²) in [6.45, 7) is 10.7. The summed E-state index contributed by atoms with van der Waals surface area (Å²) >= 11 is 7.86. The maximum Gasteiger partial charge on any atom is 0.186 e. The molecule has 1 fully saturated rings. The van der Waals surface area contributed by atoms with Crippen LogP contribution in [0.15, 0.2) is 36.4 Å². The van der Waals surface area contributed by atoms with Crippen molar-refractivity contribution in [3.63, 3.8) is 0 Å². The first-order valence-corrected chi connectivity index (χ1v) is 10.9. The van der Waals surface area contributed by atoms with Gasteiger partial charge in [0.2, 0.25) is 0 Å². The molecule has 0 N–H and O–H groups in total. The summed E-state index contributed by atoms with van der Waals surface area (Å²) in [6, 6.07) is 13.7. The van der Waals surface area contributed by atoms with E-state index in [9.17, 15) is 0 Å². The predicted molar refractivity (Wildman–Crippen MR) is 117 cm³/mol. The lowest BCUT2D eigenvalue weighted by molar-refractivity contribution is 0.181. The Balaban J connectivity index is 1.46. The monoisotopic (exact) mass is 399 g/mol. The molecule has 1 unspecified atom stereocenters. The third-order valence-corrected chi connectivity index (χ3v) is 6.69. The maximum atomic E-state index is 6.05. The van der Waals surface area contributed by atoms with Gasteiger partial charge in [-0.3, -0.25) is 4.90 Å². The van der Waals surface area contributed by atoms with Gasteiger partial charge in [-0.2, -0.15) is 0 Å². The third kappa shape index (κ3) is 4.13. The molecule has 3 aromatic rings. The average molecular weight is 400 g/mol. The van der Waals surface area contributed by atoms with E-state index in [1.807, 2.05) is 11.3 Å². The Labute approximate surface area is 170 Å². The number of hydrogen-bond donors (Lipinski definition) is 0. The van der Waals surface area contributed by atoms with E-state index in [4.69, 9.17) is 16.6 Å². The van der Waals surface area contributed by atoms with Gasteiger partial charge in [0.05, 0.1) is 10.2 Å². The van der Waals surface area contributed by atoms with E-state index in [2.05, 4.69) is 67.0 Å². The Bertz CT molecular complexity index is 952. The summed E-state index contributed by atoms with van der Waals surface area (Å²) in [5.41, 5.74) is 6.28. The van der Waals surface area contributed by atoms with E-state index in [0.29, 0.717) is 11.9 Å². The minimum Gasteiger partial charge on any atom is -0.345 e. The quantitative estimate of drug-likeness (QED) is 0.550. The smallest absolute Gasteiger partial charge is 0.186 e. The zero-order valence-corrected chi connectivity index (χ0v) is 17.8. The second kappa shape index (κ2) is 7.78. The first-order chi connectivity index (χ1) is 13.0. The van der Waals surface area contributed by atoms with E-state index in [1.165, 1.54) is 27.0 Å². The minimum absolute atomic E-state index is 0.493. The average Bonchev–Trinajstić information content (AvgIpc) is 3.06. The van der Waals surface area contributed by atoms with Gasteiger partial charge in [0.1, 0.15) is 0 Å². The van der Waals surface area contributed by atoms with Crippen LogP contribution in [0, 0.1) is 13.8 Å². The lowest BCUT2D eigenvalue weighted by atomic mass is 10.1. The fraction of sp³-hybridized carbons (Fsp3) is 0.409. The van der Waals surface area contributed by atoms with Crippen LogP contribution in [-0.4, -0.2) is 35.6 Å². The molecular formula is C22H26ClN3S. The molecule has 0 aliphatic carbocycles. The highest BCUT2D eigenvalue weighted by atomic mass is 35.5. The highest BCUT2D eigenvalue weighted by molar-refractivity contribution is 7.22. The number of rotatable bonds is 4. The van der Waals surface area contributed by atoms with Crippen LogP contribution in [0.1, 0.15) is 29.2 Å². The number of benzene rings is 2. The topological polar surface area (TPSA) is 19.4 Å². The van der Waals surface area contributed by atoms with E-state index < -0.39 is 0 Å². The molecule has 1 saturated heterocycles. The highest BCUT2D eigenvalue weighted by Gasteiger charge is 2.25. The molecule has 1 atom stereocenters. The first kappa shape index (κ1) is 18.7. The van der Waals surface area contributed by atoms with Crippen LogP contribution in [0.2, 0.25) is 0 Å². The zero-order chi connectivity index (χ0) is 19.0. The molecule has 0 radical (unpaired) electrons. The van der Waals surface area contributed by atoms with Gasteiger partial charge in [0.25, 0.3) is 0 Å². The number of thiazole rings is 1. The van der Waals surface area contributed by atoms with Gasteiger partial charge in [-0.1, -0.05) is 41.2 Å². The summed E-state index contributed by atoms with van der Waals surface area (Å²) in [5.74, 6) is 0.578. The number of nitrogens with zero attached hydrogens (tertiary/aromatic N) is 3. The molecule has 2 heterocycles. The number of alkyl halides is 1. The molecule has 4 rings (SSSR count). The van der Waals surface area contributed by atoms with Crippen molar-refractivity contribution in [2.45, 2.75) is 39.2 Å². The summed E-state index contributed by atoms with van der Waals surface area (Å²) < 4.78 is 1.29. The molecule has 0 saturated carbocycles. The molecule has 1 aliphatic heterocycles. The van der Waals surface area contributed by atoms with E-state index in [-0.39, 0.29) is 0 Å². The van der Waals surface area contributed by atoms with Crippen LogP contribution in [0.5, 0.6) is 0 Å². The lowest BCUT2D eigenvalue weighted by Gasteiger charge is -2.39. The van der Waals surface area contributed by atoms with Crippen molar-refractivity contribution in [2.24, 2.45) is 0 Å². The van der Waals surface area contributed by atoms with E-state index in [0.717, 1.165) is 36.8 Å². The van der Waals surface area contributed by atoms with Crippen molar-refractivity contribution in [3.05, 3.63) is 58.7 Å². The number of piperazine rings is 1. The van der Waals surface area contributed by atoms with Crippen molar-refractivity contribution in [2.75, 3.05) is 24.5 Å². The highest BCUT2D eigenvalue weighted by Crippen LogP contribution is 2.31. The molecule has 27 heavy (non-hydrogen) atoms. The molecule has 1 aromatic heterocycles. The fourth-order valence-corrected chi connectivity index (χ4v) is 5.16. The van der Waals surface area contributed by atoms with Crippen molar-refractivity contribution < 1.29 is 0 Å². The minimum atomic E-state index is 0.493. The van der Waals surface area contributed by atoms with Crippen LogP contribution >= 0.6 is 22.9 Å². The summed E-state index contributed by atoms with van der Waals surface area (Å²) in [7, 11) is 0. The molecule has 0 amide bonds. The Kier molecular flexibility index (Phi) is 5.40. The van der Waals surface area contributed by atoms with Crippen LogP contribution in [-0.2, 0) is 12.4 Å². The van der Waals surface area contributed by atoms with Gasteiger partial charge in [0, 0.05) is 38.1 Å². The second-order valence-electron chi connectivity index (χ2n) is 7.69. The van der Waals surface area contributed by atoms with Crippen molar-refractivity contribution >= 4 is 38.3 Å². The second-order valence-corrected chi connectivity index (χ2v) is 8.97. The molecule has 2 aromatic carbocycles. The van der Waals surface area contributed by atoms with Crippen molar-refractivity contribution in [1.82, 2.24) is 9.88 Å². The largest absolute Gasteiger partial charge is 0.345 e. The normalized spacial score (nSPS) is 18.4. The summed E-state index contributed by atoms with van der Waals surface area (Å²) in [5, 5.41) is 1.15. The number of aromatic nitrogens is 1. The van der Waals surface area contributed by atoms with Crippen LogP contribution in [0.4, 0.5) is 5.13 Å². The molecule has 3 nitrogen and oxygen atoms in total. The van der Waals surface area contributed by atoms with Crippen LogP contribution in [0.3, 0.4) is 0 Å². The predicted octanol–water partition coefficient (Wildman–Crippen LogP) is 5.36. The van der Waals surface area contributed by atoms with E-state index in [1.54, 1.807) is 0 Å². The lowest BCUT2D eigenvalue weighted by Crippen LogP contribution is -2.51. The van der Waals surface area contributed by atoms with Gasteiger partial charge < -0.3 is 4.90 Å². The van der Waals surface area contributed by atoms with E-state index >= 15 is 0 Å². The maximum absolute atomic E-state index is 6.05. The van der Waals surface area contributed by atoms with Gasteiger partial charge in [0.15, 0.2) is 5.13 Å². The molecule has 0 spiro atoms. The Morgan fingerprint density at radius 1 is 1.07 bits per heavy atom. The fourth-order valence-electron chi connectivity index (χ4n) is 3.91. The van der Waals surface area contributed by atoms with Gasteiger partial charge >= 0.3 is 0 Å². The van der Waals surface area contributed by atoms with Crippen molar-refractivity contribution in [3.8, 4) is 0 Å². The molecule has 0 bridgehead atoms. The van der Waals surface area contributed by atoms with Gasteiger partial charge in [-0.15, -0.1) is 11.6 Å². The molecule has 142 valence electrons. The molecular weight excluding hydrogens is 374 g/mol. The first-order valence-electron chi connectivity index (χ1n) is 9.53. The number of hydrogen-bond acceptors (Lipinski definition) is 4. The molecule has 5 heteroatoms. The standard InChI is InChI=1S/C22H26ClN3S/c1-15-4-5-20-21(10-15)27-22(24-20)26-7-6-25(17(3)13-26)14-19-9-16(2)8-18(11-19)12-23/h4-5,8-11,17H,6-7,12-14H2,1-3H3. The Hall–Kier alpha value is -1.62. The molecule has 1 aliphatic rings. The number of fused-ring (bicyclic) bond motifs is 1. The Morgan fingerprint density at radius 3 is 2.67 bits per heavy atom. The number of anilines is 1. The Morgan fingerprint density at radius 2 is 1.89 bits per heavy atom. The third-order valence-electron chi connectivity index (χ3n) is 5.31. The number of aryl methyl sites for hydroxylation is 2. The van der Waals surface area contributed by atoms with Crippen LogP contribution in [0.25, 0.3) is 10.2 Å². The van der Waals surface area contributed by atoms with Crippen molar-refractivity contribution in [1.29, 1.82) is 0 Å². The van der Waals surface area contributed by atoms with Gasteiger partial charge in [-0.05, 0) is 49.6 Å². The summed E-state index contributed by atoms with van der Waals surface area (Å²) in [4.78, 5) is 9.88. The van der Waals surface area contributed by atoms with Gasteiger partial charge in [-0.25, -0.2) is 4.98 Å². The number of halogens is 1. The summed E-state index contributed by atoms with van der Waals surface area (Å²) in [6.07, 6.45) is 0. The zero-order valence-electron chi connectivity index (χ0n) is 16.2. The van der Waals surface area contributed by atoms with Crippen LogP contribution < -0.4 is 4.90 Å². The SMILES string of the molecule is Cc1cc(CCl)cc(CN2CCN(c3nc4ccc(C)cc4s3)CC2C)c1.